The van der Waals surface area contributed by atoms with Crippen LogP contribution in [0.3, 0.4) is 0 Å². The number of likely N-dealkylation sites (tertiary alicyclic amines) is 1. The van der Waals surface area contributed by atoms with Crippen LogP contribution in [-0.2, 0) is 17.8 Å². The second-order valence-corrected chi connectivity index (χ2v) is 6.53. The summed E-state index contributed by atoms with van der Waals surface area (Å²) in [6, 6.07) is 2.41. The molecule has 4 nitrogen and oxygen atoms in total. The summed E-state index contributed by atoms with van der Waals surface area (Å²) in [7, 11) is 0. The fourth-order valence-electron chi connectivity index (χ4n) is 2.97. The summed E-state index contributed by atoms with van der Waals surface area (Å²) in [5, 5.41) is 8.53. The summed E-state index contributed by atoms with van der Waals surface area (Å²) in [6.45, 7) is 3.76. The fourth-order valence-corrected chi connectivity index (χ4v) is 3.67. The molecule has 112 valence electrons. The van der Waals surface area contributed by atoms with Gasteiger partial charge >= 0.3 is 0 Å². The lowest BCUT2D eigenvalue weighted by molar-refractivity contribution is -0.132. The molecule has 1 aliphatic heterocycles. The Bertz CT molecular complexity index is 590. The van der Waals surface area contributed by atoms with E-state index < -0.39 is 0 Å². The van der Waals surface area contributed by atoms with Gasteiger partial charge < -0.3 is 4.90 Å². The third-order valence-electron chi connectivity index (χ3n) is 4.07. The lowest BCUT2D eigenvalue weighted by atomic mass is 10.1. The van der Waals surface area contributed by atoms with Gasteiger partial charge in [-0.3, -0.25) is 9.48 Å². The number of amides is 1. The zero-order chi connectivity index (χ0) is 14.7. The smallest absolute Gasteiger partial charge is 0.223 e. The van der Waals surface area contributed by atoms with Crippen molar-refractivity contribution in [3.8, 4) is 0 Å². The molecule has 0 saturated carbocycles. The molecular weight excluding hydrogens is 282 g/mol. The van der Waals surface area contributed by atoms with Crippen molar-refractivity contribution in [1.29, 1.82) is 0 Å². The van der Waals surface area contributed by atoms with E-state index in [1.54, 1.807) is 11.3 Å². The Morgan fingerprint density at radius 2 is 2.43 bits per heavy atom. The summed E-state index contributed by atoms with van der Waals surface area (Å²) < 4.78 is 1.96. The van der Waals surface area contributed by atoms with Crippen molar-refractivity contribution in [2.45, 2.75) is 45.2 Å². The Balaban J connectivity index is 1.56. The molecule has 0 unspecified atom stereocenters. The third-order valence-corrected chi connectivity index (χ3v) is 4.80. The van der Waals surface area contributed by atoms with Gasteiger partial charge in [0.25, 0.3) is 0 Å². The molecule has 0 aromatic carbocycles. The third kappa shape index (κ3) is 3.53. The maximum atomic E-state index is 12.4. The molecule has 1 saturated heterocycles. The number of carbonyl (C=O) groups excluding carboxylic acids is 1. The van der Waals surface area contributed by atoms with Gasteiger partial charge in [-0.05, 0) is 54.1 Å². The highest BCUT2D eigenvalue weighted by atomic mass is 32.1. The highest BCUT2D eigenvalue weighted by Crippen LogP contribution is 2.21. The zero-order valence-corrected chi connectivity index (χ0v) is 13.2. The average Bonchev–Trinajstić information content (AvgIpc) is 3.19. The molecular formula is C16H21N3OS. The van der Waals surface area contributed by atoms with Crippen molar-refractivity contribution < 1.29 is 4.79 Å². The van der Waals surface area contributed by atoms with Crippen LogP contribution in [0.4, 0.5) is 0 Å². The van der Waals surface area contributed by atoms with Gasteiger partial charge in [0.2, 0.25) is 5.91 Å². The minimum Gasteiger partial charge on any atom is -0.338 e. The first kappa shape index (κ1) is 14.3. The number of hydrogen-bond donors (Lipinski definition) is 0. The van der Waals surface area contributed by atoms with Crippen molar-refractivity contribution in [2.24, 2.45) is 0 Å². The van der Waals surface area contributed by atoms with E-state index in [2.05, 4.69) is 26.8 Å². The molecule has 3 heterocycles. The number of aryl methyl sites for hydroxylation is 2. The van der Waals surface area contributed by atoms with E-state index in [-0.39, 0.29) is 5.91 Å². The average molecular weight is 303 g/mol. The molecule has 5 heteroatoms. The number of rotatable bonds is 5. The Hall–Kier alpha value is -1.62. The molecule has 1 fully saturated rings. The Labute approximate surface area is 129 Å². The largest absolute Gasteiger partial charge is 0.338 e. The van der Waals surface area contributed by atoms with Crippen molar-refractivity contribution in [3.05, 3.63) is 40.3 Å². The van der Waals surface area contributed by atoms with E-state index in [1.165, 1.54) is 11.1 Å². The molecule has 2 aromatic heterocycles. The molecule has 0 N–H and O–H groups in total. The summed E-state index contributed by atoms with van der Waals surface area (Å²) >= 11 is 1.69. The molecule has 3 rings (SSSR count). The predicted molar refractivity (Wildman–Crippen MR) is 84.3 cm³/mol. The van der Waals surface area contributed by atoms with Crippen molar-refractivity contribution in [2.75, 3.05) is 6.54 Å². The van der Waals surface area contributed by atoms with Crippen LogP contribution in [0.25, 0.3) is 0 Å². The molecule has 0 radical (unpaired) electrons. The molecule has 0 bridgehead atoms. The first-order chi connectivity index (χ1) is 10.2. The van der Waals surface area contributed by atoms with E-state index in [9.17, 15) is 4.79 Å². The van der Waals surface area contributed by atoms with Gasteiger partial charge in [-0.15, -0.1) is 0 Å². The summed E-state index contributed by atoms with van der Waals surface area (Å²) in [5.41, 5.74) is 2.44. The Morgan fingerprint density at radius 1 is 1.52 bits per heavy atom. The summed E-state index contributed by atoms with van der Waals surface area (Å²) in [5.74, 6) is 0.285. The van der Waals surface area contributed by atoms with E-state index in [0.29, 0.717) is 12.5 Å². The second kappa shape index (κ2) is 6.43. The van der Waals surface area contributed by atoms with Gasteiger partial charge in [0.1, 0.15) is 0 Å². The standard InChI is InChI=1S/C16H21N3OS/c1-13-9-17-18(10-13)11-15-3-2-7-19(15)16(20)5-4-14-6-8-21-12-14/h6,8-10,12,15H,2-5,7,11H2,1H3/t15-/m1/s1. The van der Waals surface area contributed by atoms with Crippen LogP contribution in [-0.4, -0.2) is 33.2 Å². The first-order valence-corrected chi connectivity index (χ1v) is 8.46. The molecule has 1 atom stereocenters. The minimum atomic E-state index is 0.285. The predicted octanol–water partition coefficient (Wildman–Crippen LogP) is 2.88. The summed E-state index contributed by atoms with van der Waals surface area (Å²) in [6.07, 6.45) is 7.58. The topological polar surface area (TPSA) is 38.1 Å². The van der Waals surface area contributed by atoms with Gasteiger partial charge in [0.15, 0.2) is 0 Å². The Morgan fingerprint density at radius 3 is 3.14 bits per heavy atom. The SMILES string of the molecule is Cc1cnn(C[C@H]2CCCN2C(=O)CCc2ccsc2)c1. The van der Waals surface area contributed by atoms with Crippen LogP contribution < -0.4 is 0 Å². The molecule has 0 spiro atoms. The molecule has 1 aliphatic rings. The quantitative estimate of drug-likeness (QED) is 0.852. The number of thiophene rings is 1. The van der Waals surface area contributed by atoms with Crippen molar-refractivity contribution >= 4 is 17.2 Å². The summed E-state index contributed by atoms with van der Waals surface area (Å²) in [4.78, 5) is 14.5. The van der Waals surface area contributed by atoms with E-state index in [4.69, 9.17) is 0 Å². The van der Waals surface area contributed by atoms with Crippen LogP contribution in [0.2, 0.25) is 0 Å². The van der Waals surface area contributed by atoms with E-state index in [0.717, 1.165) is 32.4 Å². The van der Waals surface area contributed by atoms with Crippen molar-refractivity contribution in [1.82, 2.24) is 14.7 Å². The highest BCUT2D eigenvalue weighted by Gasteiger charge is 2.28. The lowest BCUT2D eigenvalue weighted by Crippen LogP contribution is -2.38. The number of nitrogens with zero attached hydrogens (tertiary/aromatic N) is 3. The minimum absolute atomic E-state index is 0.285. The first-order valence-electron chi connectivity index (χ1n) is 7.52. The maximum Gasteiger partial charge on any atom is 0.223 e. The van der Waals surface area contributed by atoms with Crippen LogP contribution in [0.1, 0.15) is 30.4 Å². The fraction of sp³-hybridized carbons (Fsp3) is 0.500. The zero-order valence-electron chi connectivity index (χ0n) is 12.4. The van der Waals surface area contributed by atoms with Crippen LogP contribution >= 0.6 is 11.3 Å². The van der Waals surface area contributed by atoms with Gasteiger partial charge in [0.05, 0.1) is 18.8 Å². The lowest BCUT2D eigenvalue weighted by Gasteiger charge is -2.24. The van der Waals surface area contributed by atoms with Crippen LogP contribution in [0, 0.1) is 6.92 Å². The van der Waals surface area contributed by atoms with Gasteiger partial charge in [0, 0.05) is 19.2 Å². The normalized spacial score (nSPS) is 18.3. The van der Waals surface area contributed by atoms with Crippen LogP contribution in [0.5, 0.6) is 0 Å². The van der Waals surface area contributed by atoms with Crippen molar-refractivity contribution in [3.63, 3.8) is 0 Å². The Kier molecular flexibility index (Phi) is 4.39. The monoisotopic (exact) mass is 303 g/mol. The van der Waals surface area contributed by atoms with Gasteiger partial charge in [-0.25, -0.2) is 0 Å². The van der Waals surface area contributed by atoms with E-state index >= 15 is 0 Å². The number of carbonyl (C=O) groups is 1. The molecule has 1 amide bonds. The maximum absolute atomic E-state index is 12.4. The van der Waals surface area contributed by atoms with Gasteiger partial charge in [-0.1, -0.05) is 0 Å². The van der Waals surface area contributed by atoms with Crippen LogP contribution in [0.15, 0.2) is 29.2 Å². The number of hydrogen-bond acceptors (Lipinski definition) is 3. The molecule has 21 heavy (non-hydrogen) atoms. The number of aromatic nitrogens is 2. The molecule has 2 aromatic rings. The highest BCUT2D eigenvalue weighted by molar-refractivity contribution is 7.07. The second-order valence-electron chi connectivity index (χ2n) is 5.75. The van der Waals surface area contributed by atoms with Gasteiger partial charge in [-0.2, -0.15) is 16.4 Å². The molecule has 0 aliphatic carbocycles. The van der Waals surface area contributed by atoms with E-state index in [1.807, 2.05) is 24.0 Å².